The number of fused-ring (bicyclic) bond motifs is 1. The van der Waals surface area contributed by atoms with E-state index in [2.05, 4.69) is 34.8 Å². The van der Waals surface area contributed by atoms with Crippen LogP contribution in [0.25, 0.3) is 16.7 Å². The van der Waals surface area contributed by atoms with Crippen molar-refractivity contribution in [3.8, 4) is 5.69 Å². The maximum absolute atomic E-state index is 13.7. The Morgan fingerprint density at radius 1 is 1.19 bits per heavy atom. The lowest BCUT2D eigenvalue weighted by Gasteiger charge is -2.13. The molecule has 0 aliphatic rings. The first-order chi connectivity index (χ1) is 9.97. The summed E-state index contributed by atoms with van der Waals surface area (Å²) in [6, 6.07) is 10.2. The number of anilines is 1. The monoisotopic (exact) mass is 347 g/mol. The quantitative estimate of drug-likeness (QED) is 0.686. The molecule has 2 aromatic carbocycles. The minimum Gasteiger partial charge on any atom is -0.399 e. The van der Waals surface area contributed by atoms with Gasteiger partial charge in [0.15, 0.2) is 0 Å². The van der Waals surface area contributed by atoms with E-state index in [4.69, 9.17) is 5.73 Å². The maximum Gasteiger partial charge on any atom is 0.125 e. The molecular weight excluding hydrogens is 333 g/mol. The molecule has 3 rings (SSSR count). The SMILES string of the molecule is CC(C)c1nc2cc(N)ccc2n1-c1cc(F)ccc1Br. The van der Waals surface area contributed by atoms with Crippen LogP contribution in [-0.4, -0.2) is 9.55 Å². The lowest BCUT2D eigenvalue weighted by Crippen LogP contribution is -2.04. The summed E-state index contributed by atoms with van der Waals surface area (Å²) in [5.41, 5.74) is 8.97. The third-order valence-electron chi connectivity index (χ3n) is 3.37. The first-order valence-corrected chi connectivity index (χ1v) is 7.50. The van der Waals surface area contributed by atoms with Crippen LogP contribution in [0.4, 0.5) is 10.1 Å². The van der Waals surface area contributed by atoms with Crippen molar-refractivity contribution in [2.75, 3.05) is 5.73 Å². The summed E-state index contributed by atoms with van der Waals surface area (Å²) in [7, 11) is 0. The number of benzene rings is 2. The molecule has 0 radical (unpaired) electrons. The van der Waals surface area contributed by atoms with E-state index in [0.29, 0.717) is 5.69 Å². The summed E-state index contributed by atoms with van der Waals surface area (Å²) < 4.78 is 16.5. The van der Waals surface area contributed by atoms with Crippen molar-refractivity contribution >= 4 is 32.7 Å². The number of halogens is 2. The Labute approximate surface area is 130 Å². The van der Waals surface area contributed by atoms with Crippen molar-refractivity contribution in [3.63, 3.8) is 0 Å². The molecule has 0 fully saturated rings. The molecule has 0 aliphatic carbocycles. The topological polar surface area (TPSA) is 43.8 Å². The Morgan fingerprint density at radius 3 is 2.67 bits per heavy atom. The summed E-state index contributed by atoms with van der Waals surface area (Å²) >= 11 is 3.50. The van der Waals surface area contributed by atoms with Crippen molar-refractivity contribution in [1.29, 1.82) is 0 Å². The summed E-state index contributed by atoms with van der Waals surface area (Å²) in [4.78, 5) is 4.66. The van der Waals surface area contributed by atoms with Crippen molar-refractivity contribution in [1.82, 2.24) is 9.55 Å². The van der Waals surface area contributed by atoms with Crippen molar-refractivity contribution in [2.24, 2.45) is 0 Å². The molecule has 0 saturated carbocycles. The smallest absolute Gasteiger partial charge is 0.125 e. The van der Waals surface area contributed by atoms with E-state index >= 15 is 0 Å². The van der Waals surface area contributed by atoms with Crippen LogP contribution in [-0.2, 0) is 0 Å². The van der Waals surface area contributed by atoms with Gasteiger partial charge in [0.25, 0.3) is 0 Å². The van der Waals surface area contributed by atoms with Gasteiger partial charge in [-0.15, -0.1) is 0 Å². The van der Waals surface area contributed by atoms with Gasteiger partial charge in [0.1, 0.15) is 11.6 Å². The highest BCUT2D eigenvalue weighted by Gasteiger charge is 2.17. The van der Waals surface area contributed by atoms with Crippen LogP contribution in [0.2, 0.25) is 0 Å². The number of nitrogens with two attached hydrogens (primary N) is 1. The van der Waals surface area contributed by atoms with Gasteiger partial charge in [0.2, 0.25) is 0 Å². The molecule has 0 aliphatic heterocycles. The van der Waals surface area contributed by atoms with Crippen molar-refractivity contribution in [2.45, 2.75) is 19.8 Å². The Morgan fingerprint density at radius 2 is 1.95 bits per heavy atom. The van der Waals surface area contributed by atoms with E-state index in [1.807, 2.05) is 22.8 Å². The summed E-state index contributed by atoms with van der Waals surface area (Å²) in [5.74, 6) is 0.802. The first-order valence-electron chi connectivity index (χ1n) is 6.70. The molecule has 1 aromatic heterocycles. The lowest BCUT2D eigenvalue weighted by molar-refractivity contribution is 0.625. The largest absolute Gasteiger partial charge is 0.399 e. The Kier molecular flexibility index (Phi) is 3.45. The van der Waals surface area contributed by atoms with Crippen LogP contribution >= 0.6 is 15.9 Å². The second-order valence-electron chi connectivity index (χ2n) is 5.30. The third kappa shape index (κ3) is 2.42. The fourth-order valence-corrected chi connectivity index (χ4v) is 2.84. The van der Waals surface area contributed by atoms with Gasteiger partial charge in [-0.05, 0) is 52.3 Å². The maximum atomic E-state index is 13.7. The molecule has 0 amide bonds. The number of hydrogen-bond acceptors (Lipinski definition) is 2. The predicted molar refractivity (Wildman–Crippen MR) is 87.2 cm³/mol. The van der Waals surface area contributed by atoms with Crippen molar-refractivity contribution in [3.05, 3.63) is 52.5 Å². The Bertz CT molecular complexity index is 824. The normalized spacial score (nSPS) is 11.5. The number of rotatable bonds is 2. The highest BCUT2D eigenvalue weighted by atomic mass is 79.9. The van der Waals surface area contributed by atoms with Crippen LogP contribution in [0.3, 0.4) is 0 Å². The van der Waals surface area contributed by atoms with E-state index in [9.17, 15) is 4.39 Å². The van der Waals surface area contributed by atoms with Gasteiger partial charge < -0.3 is 5.73 Å². The molecule has 2 N–H and O–H groups in total. The summed E-state index contributed by atoms with van der Waals surface area (Å²) in [6.45, 7) is 4.13. The highest BCUT2D eigenvalue weighted by Crippen LogP contribution is 2.31. The minimum absolute atomic E-state index is 0.203. The molecular formula is C16H15BrFN3. The van der Waals surface area contributed by atoms with Gasteiger partial charge in [0, 0.05) is 16.1 Å². The molecule has 0 saturated heterocycles. The first kappa shape index (κ1) is 14.1. The molecule has 0 atom stereocenters. The number of aromatic nitrogens is 2. The average Bonchev–Trinajstić information content (AvgIpc) is 2.80. The zero-order valence-corrected chi connectivity index (χ0v) is 13.4. The molecule has 0 spiro atoms. The third-order valence-corrected chi connectivity index (χ3v) is 4.04. The zero-order chi connectivity index (χ0) is 15.1. The molecule has 0 unspecified atom stereocenters. The van der Waals surface area contributed by atoms with E-state index in [1.165, 1.54) is 12.1 Å². The van der Waals surface area contributed by atoms with E-state index in [1.54, 1.807) is 6.07 Å². The second kappa shape index (κ2) is 5.15. The van der Waals surface area contributed by atoms with Crippen LogP contribution in [0.1, 0.15) is 25.6 Å². The zero-order valence-electron chi connectivity index (χ0n) is 11.8. The van der Waals surface area contributed by atoms with Crippen molar-refractivity contribution < 1.29 is 4.39 Å². The number of nitrogens with zero attached hydrogens (tertiary/aromatic N) is 2. The molecule has 21 heavy (non-hydrogen) atoms. The van der Waals surface area contributed by atoms with Gasteiger partial charge in [-0.2, -0.15) is 0 Å². The summed E-state index contributed by atoms with van der Waals surface area (Å²) in [5, 5.41) is 0. The number of nitrogen functional groups attached to an aromatic ring is 1. The van der Waals surface area contributed by atoms with Gasteiger partial charge in [0.05, 0.1) is 16.7 Å². The van der Waals surface area contributed by atoms with E-state index < -0.39 is 0 Å². The standard InChI is InChI=1S/C16H15BrFN3/c1-9(2)16-20-13-8-11(19)4-6-14(13)21(16)15-7-10(18)3-5-12(15)17/h3-9H,19H2,1-2H3. The summed E-state index contributed by atoms with van der Waals surface area (Å²) in [6.07, 6.45) is 0. The fourth-order valence-electron chi connectivity index (χ4n) is 2.41. The second-order valence-corrected chi connectivity index (χ2v) is 6.16. The molecule has 1 heterocycles. The van der Waals surface area contributed by atoms with Gasteiger partial charge in [-0.1, -0.05) is 13.8 Å². The highest BCUT2D eigenvalue weighted by molar-refractivity contribution is 9.10. The minimum atomic E-state index is -0.278. The Hall–Kier alpha value is -1.88. The van der Waals surface area contributed by atoms with Crippen LogP contribution in [0, 0.1) is 5.82 Å². The lowest BCUT2D eigenvalue weighted by atomic mass is 10.2. The molecule has 108 valence electrons. The molecule has 3 aromatic rings. The number of hydrogen-bond donors (Lipinski definition) is 1. The average molecular weight is 348 g/mol. The number of imidazole rings is 1. The molecule has 5 heteroatoms. The predicted octanol–water partition coefficient (Wildman–Crippen LogP) is 4.63. The van der Waals surface area contributed by atoms with Crippen LogP contribution < -0.4 is 5.73 Å². The molecule has 0 bridgehead atoms. The fraction of sp³-hybridized carbons (Fsp3) is 0.188. The Balaban J connectivity index is 2.39. The van der Waals surface area contributed by atoms with Crippen LogP contribution in [0.15, 0.2) is 40.9 Å². The van der Waals surface area contributed by atoms with Gasteiger partial charge in [-0.25, -0.2) is 9.37 Å². The molecule has 3 nitrogen and oxygen atoms in total. The van der Waals surface area contributed by atoms with Crippen LogP contribution in [0.5, 0.6) is 0 Å². The van der Waals surface area contributed by atoms with Gasteiger partial charge >= 0.3 is 0 Å². The van der Waals surface area contributed by atoms with Gasteiger partial charge in [-0.3, -0.25) is 4.57 Å². The van der Waals surface area contributed by atoms with E-state index in [-0.39, 0.29) is 11.7 Å². The van der Waals surface area contributed by atoms with E-state index in [0.717, 1.165) is 27.0 Å².